The van der Waals surface area contributed by atoms with Crippen molar-refractivity contribution in [3.8, 4) is 11.5 Å². The molecule has 0 saturated carbocycles. The van der Waals surface area contributed by atoms with Gasteiger partial charge in [-0.25, -0.2) is 0 Å². The van der Waals surface area contributed by atoms with E-state index >= 15 is 0 Å². The van der Waals surface area contributed by atoms with Crippen LogP contribution in [0.4, 0.5) is 0 Å². The Hall–Kier alpha value is -2.31. The lowest BCUT2D eigenvalue weighted by Gasteiger charge is -2.22. The molecule has 0 spiro atoms. The van der Waals surface area contributed by atoms with Gasteiger partial charge >= 0.3 is 0 Å². The Kier molecular flexibility index (Phi) is 6.30. The Morgan fingerprint density at radius 1 is 0.962 bits per heavy atom. The first-order chi connectivity index (χ1) is 12.7. The third-order valence-electron chi connectivity index (χ3n) is 4.04. The molecule has 3 aromatic rings. The smallest absolute Gasteiger partial charge is 0.227 e. The normalized spacial score (nSPS) is 10.5. The molecule has 1 aromatic carbocycles. The molecule has 136 valence electrons. The van der Waals surface area contributed by atoms with Crippen molar-refractivity contribution in [2.75, 3.05) is 14.2 Å². The second kappa shape index (κ2) is 8.87. The van der Waals surface area contributed by atoms with Crippen molar-refractivity contribution in [2.45, 2.75) is 19.5 Å². The molecule has 0 aliphatic carbocycles. The number of methoxy groups -OCH3 is 2. The average molecular weight is 388 g/mol. The summed E-state index contributed by atoms with van der Waals surface area (Å²) in [5, 5.41) is 4.07. The lowest BCUT2D eigenvalue weighted by atomic mass is 10.1. The number of hydrogen-bond donors (Lipinski definition) is 0. The minimum absolute atomic E-state index is 0.0679. The third kappa shape index (κ3) is 4.65. The van der Waals surface area contributed by atoms with Crippen molar-refractivity contribution in [1.82, 2.24) is 4.90 Å². The van der Waals surface area contributed by atoms with Gasteiger partial charge in [-0.15, -0.1) is 22.7 Å². The molecule has 0 radical (unpaired) electrons. The van der Waals surface area contributed by atoms with E-state index in [0.29, 0.717) is 18.8 Å². The highest BCUT2D eigenvalue weighted by Crippen LogP contribution is 2.26. The average Bonchev–Trinajstić information content (AvgIpc) is 3.35. The van der Waals surface area contributed by atoms with E-state index < -0.39 is 0 Å². The van der Waals surface area contributed by atoms with Gasteiger partial charge in [0.05, 0.1) is 33.7 Å². The Morgan fingerprint density at radius 2 is 1.62 bits per heavy atom. The van der Waals surface area contributed by atoms with Crippen LogP contribution in [0.2, 0.25) is 0 Å². The Labute approximate surface area is 161 Å². The zero-order valence-corrected chi connectivity index (χ0v) is 16.4. The van der Waals surface area contributed by atoms with E-state index in [1.165, 1.54) is 9.75 Å². The molecule has 26 heavy (non-hydrogen) atoms. The zero-order valence-electron chi connectivity index (χ0n) is 14.8. The molecular formula is C20H21NO3S2. The summed E-state index contributed by atoms with van der Waals surface area (Å²) in [5.41, 5.74) is 0.833. The second-order valence-corrected chi connectivity index (χ2v) is 7.83. The van der Waals surface area contributed by atoms with Crippen molar-refractivity contribution in [3.05, 3.63) is 68.5 Å². The van der Waals surface area contributed by atoms with Crippen LogP contribution in [0, 0.1) is 0 Å². The van der Waals surface area contributed by atoms with E-state index in [0.717, 1.165) is 11.3 Å². The predicted molar refractivity (Wildman–Crippen MR) is 106 cm³/mol. The lowest BCUT2D eigenvalue weighted by Crippen LogP contribution is -2.31. The van der Waals surface area contributed by atoms with Crippen LogP contribution >= 0.6 is 22.7 Å². The number of ether oxygens (including phenoxy) is 2. The molecule has 0 atom stereocenters. The summed E-state index contributed by atoms with van der Waals surface area (Å²) in [6, 6.07) is 13.7. The van der Waals surface area contributed by atoms with Gasteiger partial charge in [-0.2, -0.15) is 0 Å². The zero-order chi connectivity index (χ0) is 18.4. The van der Waals surface area contributed by atoms with Gasteiger partial charge in [0.2, 0.25) is 5.91 Å². The highest BCUT2D eigenvalue weighted by molar-refractivity contribution is 7.10. The van der Waals surface area contributed by atoms with Gasteiger partial charge in [-0.05, 0) is 41.1 Å². The van der Waals surface area contributed by atoms with Gasteiger partial charge in [0.25, 0.3) is 0 Å². The van der Waals surface area contributed by atoms with Crippen LogP contribution in [0.25, 0.3) is 0 Å². The quantitative estimate of drug-likeness (QED) is 0.567. The molecule has 0 unspecified atom stereocenters. The molecular weight excluding hydrogens is 366 g/mol. The summed E-state index contributed by atoms with van der Waals surface area (Å²) in [5.74, 6) is 1.49. The van der Waals surface area contributed by atoms with Gasteiger partial charge in [0, 0.05) is 15.3 Å². The SMILES string of the molecule is COc1ccc(OC)c(CC(=O)N(Cc2cccs2)Cc2cccs2)c1. The number of hydrogen-bond acceptors (Lipinski definition) is 5. The van der Waals surface area contributed by atoms with Crippen LogP contribution in [-0.2, 0) is 24.3 Å². The molecule has 0 N–H and O–H groups in total. The maximum Gasteiger partial charge on any atom is 0.227 e. The first-order valence-corrected chi connectivity index (χ1v) is 9.99. The molecule has 0 aliphatic rings. The van der Waals surface area contributed by atoms with E-state index in [9.17, 15) is 4.79 Å². The van der Waals surface area contributed by atoms with E-state index in [2.05, 4.69) is 12.1 Å². The first-order valence-electron chi connectivity index (χ1n) is 8.23. The highest BCUT2D eigenvalue weighted by Gasteiger charge is 2.18. The molecule has 1 amide bonds. The number of nitrogens with zero attached hydrogens (tertiary/aromatic N) is 1. The van der Waals surface area contributed by atoms with Gasteiger partial charge < -0.3 is 14.4 Å². The number of thiophene rings is 2. The van der Waals surface area contributed by atoms with Crippen LogP contribution < -0.4 is 9.47 Å². The van der Waals surface area contributed by atoms with Crippen LogP contribution in [0.15, 0.2) is 53.2 Å². The molecule has 2 heterocycles. The Bertz CT molecular complexity index is 793. The fourth-order valence-electron chi connectivity index (χ4n) is 2.71. The van der Waals surface area contributed by atoms with Gasteiger partial charge in [0.1, 0.15) is 11.5 Å². The highest BCUT2D eigenvalue weighted by atomic mass is 32.1. The monoisotopic (exact) mass is 387 g/mol. The first kappa shape index (κ1) is 18.5. The molecule has 0 bridgehead atoms. The summed E-state index contributed by atoms with van der Waals surface area (Å²) >= 11 is 3.33. The molecule has 6 heteroatoms. The van der Waals surface area contributed by atoms with Gasteiger partial charge in [-0.1, -0.05) is 12.1 Å². The minimum Gasteiger partial charge on any atom is -0.497 e. The molecule has 0 fully saturated rings. The van der Waals surface area contributed by atoms with E-state index in [-0.39, 0.29) is 12.3 Å². The number of carbonyl (C=O) groups excluding carboxylic acids is 1. The van der Waals surface area contributed by atoms with Crippen LogP contribution in [0.5, 0.6) is 11.5 Å². The third-order valence-corrected chi connectivity index (χ3v) is 5.76. The Balaban J connectivity index is 1.80. The lowest BCUT2D eigenvalue weighted by molar-refractivity contribution is -0.131. The summed E-state index contributed by atoms with van der Waals surface area (Å²) in [7, 11) is 3.23. The summed E-state index contributed by atoms with van der Waals surface area (Å²) < 4.78 is 10.7. The molecule has 0 aliphatic heterocycles. The maximum atomic E-state index is 13.1. The Morgan fingerprint density at radius 3 is 2.12 bits per heavy atom. The number of rotatable bonds is 8. The fraction of sp³-hybridized carbons (Fsp3) is 0.250. The van der Waals surface area contributed by atoms with Crippen LogP contribution in [0.1, 0.15) is 15.3 Å². The summed E-state index contributed by atoms with van der Waals surface area (Å²) in [6.45, 7) is 1.22. The number of carbonyl (C=O) groups is 1. The number of benzene rings is 1. The standard InChI is InChI=1S/C20H21NO3S2/c1-23-16-7-8-19(24-2)15(11-16)12-20(22)21(13-17-5-3-9-25-17)14-18-6-4-10-26-18/h3-11H,12-14H2,1-2H3. The molecule has 0 saturated heterocycles. The maximum absolute atomic E-state index is 13.1. The molecule has 4 nitrogen and oxygen atoms in total. The van der Waals surface area contributed by atoms with Crippen molar-refractivity contribution in [2.24, 2.45) is 0 Å². The van der Waals surface area contributed by atoms with Gasteiger partial charge in [-0.3, -0.25) is 4.79 Å². The van der Waals surface area contributed by atoms with Crippen molar-refractivity contribution >= 4 is 28.6 Å². The van der Waals surface area contributed by atoms with Gasteiger partial charge in [0.15, 0.2) is 0 Å². The van der Waals surface area contributed by atoms with Crippen LogP contribution in [-0.4, -0.2) is 25.0 Å². The molecule has 3 rings (SSSR count). The van der Waals surface area contributed by atoms with E-state index in [4.69, 9.17) is 9.47 Å². The number of amides is 1. The molecule has 2 aromatic heterocycles. The van der Waals surface area contributed by atoms with E-state index in [1.54, 1.807) is 36.9 Å². The summed E-state index contributed by atoms with van der Waals surface area (Å²) in [4.78, 5) is 17.3. The van der Waals surface area contributed by atoms with Crippen molar-refractivity contribution < 1.29 is 14.3 Å². The minimum atomic E-state index is 0.0679. The van der Waals surface area contributed by atoms with Crippen molar-refractivity contribution in [1.29, 1.82) is 0 Å². The van der Waals surface area contributed by atoms with Crippen molar-refractivity contribution in [3.63, 3.8) is 0 Å². The topological polar surface area (TPSA) is 38.8 Å². The predicted octanol–water partition coefficient (Wildman–Crippen LogP) is 4.60. The summed E-state index contributed by atoms with van der Waals surface area (Å²) in [6.07, 6.45) is 0.275. The fourth-order valence-corrected chi connectivity index (χ4v) is 4.15. The second-order valence-electron chi connectivity index (χ2n) is 5.76. The largest absolute Gasteiger partial charge is 0.497 e. The van der Waals surface area contributed by atoms with Crippen LogP contribution in [0.3, 0.4) is 0 Å². The van der Waals surface area contributed by atoms with E-state index in [1.807, 2.05) is 46.0 Å².